The molecule has 0 atom stereocenters. The molecule has 1 saturated heterocycles. The lowest BCUT2D eigenvalue weighted by Crippen LogP contribution is -2.39. The Morgan fingerprint density at radius 3 is 2.72 bits per heavy atom. The average molecular weight is 424 g/mol. The van der Waals surface area contributed by atoms with E-state index in [0.717, 1.165) is 31.9 Å². The van der Waals surface area contributed by atoms with Crippen LogP contribution in [0.1, 0.15) is 41.2 Å². The van der Waals surface area contributed by atoms with Crippen LogP contribution < -0.4 is 4.90 Å². The Morgan fingerprint density at radius 1 is 1.24 bits per heavy atom. The summed E-state index contributed by atoms with van der Waals surface area (Å²) in [4.78, 5) is 25.6. The number of hydrogen-bond acceptors (Lipinski definition) is 5. The number of aryl methyl sites for hydroxylation is 1. The van der Waals surface area contributed by atoms with Gasteiger partial charge in [0.2, 0.25) is 5.91 Å². The topological polar surface area (TPSA) is 49.3 Å². The minimum atomic E-state index is -4.48. The molecule has 5 nitrogen and oxygen atoms in total. The molecular weight excluding hydrogens is 401 g/mol. The van der Waals surface area contributed by atoms with Crippen LogP contribution in [0, 0.1) is 12.8 Å². The van der Waals surface area contributed by atoms with Crippen molar-refractivity contribution in [2.45, 2.75) is 45.3 Å². The molecule has 0 radical (unpaired) electrons. The Kier molecular flexibility index (Phi) is 5.50. The van der Waals surface area contributed by atoms with Gasteiger partial charge in [-0.15, -0.1) is 11.3 Å². The van der Waals surface area contributed by atoms with Crippen LogP contribution in [0.25, 0.3) is 0 Å². The fourth-order valence-corrected chi connectivity index (χ4v) is 4.95. The van der Waals surface area contributed by atoms with Crippen molar-refractivity contribution < 1.29 is 18.0 Å². The van der Waals surface area contributed by atoms with Gasteiger partial charge in [-0.25, -0.2) is 9.97 Å². The summed E-state index contributed by atoms with van der Waals surface area (Å²) >= 11 is 1.75. The van der Waals surface area contributed by atoms with E-state index < -0.39 is 11.9 Å². The van der Waals surface area contributed by atoms with E-state index in [9.17, 15) is 18.0 Å². The smallest absolute Gasteiger partial charge is 0.356 e. The van der Waals surface area contributed by atoms with Gasteiger partial charge in [0.05, 0.1) is 0 Å². The van der Waals surface area contributed by atoms with Crippen molar-refractivity contribution in [3.63, 3.8) is 0 Å². The van der Waals surface area contributed by atoms with Crippen molar-refractivity contribution in [3.05, 3.63) is 39.5 Å². The average Bonchev–Trinajstić information content (AvgIpc) is 3.15. The third-order valence-corrected chi connectivity index (χ3v) is 6.70. The molecular formula is C20H23F3N4OS. The zero-order valence-electron chi connectivity index (χ0n) is 16.2. The predicted molar refractivity (Wildman–Crippen MR) is 105 cm³/mol. The number of hydrogen-bond donors (Lipinski definition) is 0. The number of aromatic nitrogens is 2. The summed E-state index contributed by atoms with van der Waals surface area (Å²) in [5.74, 6) is 0.867. The van der Waals surface area contributed by atoms with Gasteiger partial charge in [0.15, 0.2) is 0 Å². The first kappa shape index (κ1) is 20.1. The van der Waals surface area contributed by atoms with Crippen molar-refractivity contribution in [2.24, 2.45) is 5.92 Å². The molecule has 0 unspecified atom stereocenters. The van der Waals surface area contributed by atoms with Gasteiger partial charge in [-0.2, -0.15) is 13.2 Å². The van der Waals surface area contributed by atoms with E-state index >= 15 is 0 Å². The Morgan fingerprint density at radius 2 is 2.00 bits per heavy atom. The number of fused-ring (bicyclic) bond motifs is 1. The maximum atomic E-state index is 13.0. The van der Waals surface area contributed by atoms with Gasteiger partial charge in [0.25, 0.3) is 0 Å². The molecule has 9 heteroatoms. The monoisotopic (exact) mass is 424 g/mol. The molecule has 29 heavy (non-hydrogen) atoms. The van der Waals surface area contributed by atoms with E-state index in [2.05, 4.69) is 21.4 Å². The van der Waals surface area contributed by atoms with Crippen LogP contribution in [0.2, 0.25) is 0 Å². The first-order valence-corrected chi connectivity index (χ1v) is 10.7. The number of thiophene rings is 1. The molecule has 0 N–H and O–H groups in total. The maximum absolute atomic E-state index is 13.0. The molecule has 156 valence electrons. The normalized spacial score (nSPS) is 18.1. The second-order valence-corrected chi connectivity index (χ2v) is 8.73. The van der Waals surface area contributed by atoms with Crippen molar-refractivity contribution in [1.82, 2.24) is 14.9 Å². The van der Waals surface area contributed by atoms with Gasteiger partial charge in [0, 0.05) is 43.5 Å². The summed E-state index contributed by atoms with van der Waals surface area (Å²) in [6.07, 6.45) is -1.51. The third kappa shape index (κ3) is 4.55. The van der Waals surface area contributed by atoms with Crippen LogP contribution in [0.15, 0.2) is 17.5 Å². The summed E-state index contributed by atoms with van der Waals surface area (Å²) < 4.78 is 39.1. The highest BCUT2D eigenvalue weighted by atomic mass is 32.1. The van der Waals surface area contributed by atoms with Gasteiger partial charge in [-0.05, 0) is 49.1 Å². The largest absolute Gasteiger partial charge is 0.433 e. The number of alkyl halides is 3. The Labute approximate surface area is 171 Å². The van der Waals surface area contributed by atoms with Crippen LogP contribution in [0.4, 0.5) is 19.0 Å². The quantitative estimate of drug-likeness (QED) is 0.746. The van der Waals surface area contributed by atoms with Crippen LogP contribution >= 0.6 is 11.3 Å². The van der Waals surface area contributed by atoms with E-state index in [1.165, 1.54) is 17.4 Å². The number of amides is 1. The molecule has 2 aliphatic heterocycles. The van der Waals surface area contributed by atoms with E-state index in [0.29, 0.717) is 31.9 Å². The number of nitrogens with zero attached hydrogens (tertiary/aromatic N) is 4. The minimum Gasteiger partial charge on any atom is -0.356 e. The molecule has 1 amide bonds. The number of piperidine rings is 1. The first-order valence-electron chi connectivity index (χ1n) is 9.80. The van der Waals surface area contributed by atoms with E-state index in [1.807, 2.05) is 9.80 Å². The number of carbonyl (C=O) groups is 1. The highest BCUT2D eigenvalue weighted by molar-refractivity contribution is 7.10. The molecule has 4 heterocycles. The third-order valence-electron chi connectivity index (χ3n) is 5.68. The highest BCUT2D eigenvalue weighted by Gasteiger charge is 2.34. The highest BCUT2D eigenvalue weighted by Crippen LogP contribution is 2.32. The molecule has 0 aliphatic carbocycles. The van der Waals surface area contributed by atoms with E-state index in [1.54, 1.807) is 11.3 Å². The molecule has 4 rings (SSSR count). The molecule has 0 spiro atoms. The van der Waals surface area contributed by atoms with Gasteiger partial charge in [-0.1, -0.05) is 0 Å². The number of halogens is 3. The lowest BCUT2D eigenvalue weighted by molar-refractivity contribution is -0.141. The van der Waals surface area contributed by atoms with Gasteiger partial charge < -0.3 is 9.80 Å². The second kappa shape index (κ2) is 7.93. The molecule has 0 saturated carbocycles. The summed E-state index contributed by atoms with van der Waals surface area (Å²) in [6, 6.07) is 3.11. The SMILES string of the molecule is Cc1nc(N2CCC(CC(=O)N3CCc4sccc4C3)CC2)cc(C(F)(F)F)n1. The van der Waals surface area contributed by atoms with E-state index in [4.69, 9.17) is 0 Å². The second-order valence-electron chi connectivity index (χ2n) is 7.73. The first-order chi connectivity index (χ1) is 13.8. The Balaban J connectivity index is 1.33. The lowest BCUT2D eigenvalue weighted by atomic mass is 9.92. The summed E-state index contributed by atoms with van der Waals surface area (Å²) in [6.45, 7) is 4.13. The fraction of sp³-hybridized carbons (Fsp3) is 0.550. The predicted octanol–water partition coefficient (Wildman–Crippen LogP) is 4.06. The van der Waals surface area contributed by atoms with Crippen LogP contribution in [0.3, 0.4) is 0 Å². The van der Waals surface area contributed by atoms with Crippen LogP contribution in [-0.2, 0) is 23.9 Å². The van der Waals surface area contributed by atoms with Crippen LogP contribution in [0.5, 0.6) is 0 Å². The molecule has 2 aromatic rings. The molecule has 1 fully saturated rings. The summed E-state index contributed by atoms with van der Waals surface area (Å²) in [5, 5.41) is 2.08. The minimum absolute atomic E-state index is 0.116. The van der Waals surface area contributed by atoms with E-state index in [-0.39, 0.29) is 17.6 Å². The van der Waals surface area contributed by atoms with Crippen LogP contribution in [-0.4, -0.2) is 40.4 Å². The van der Waals surface area contributed by atoms with Gasteiger partial charge >= 0.3 is 6.18 Å². The standard InChI is InChI=1S/C20H23F3N4OS/c1-13-24-17(20(21,22)23)11-18(25-13)26-6-2-14(3-7-26)10-19(28)27-8-4-16-15(12-27)5-9-29-16/h5,9,11,14H,2-4,6-8,10,12H2,1H3. The number of carbonyl (C=O) groups excluding carboxylic acids is 1. The molecule has 2 aliphatic rings. The van der Waals surface area contributed by atoms with Crippen molar-refractivity contribution >= 4 is 23.1 Å². The number of anilines is 1. The zero-order chi connectivity index (χ0) is 20.6. The molecule has 0 bridgehead atoms. The van der Waals surface area contributed by atoms with Crippen molar-refractivity contribution in [3.8, 4) is 0 Å². The molecule has 0 aromatic carbocycles. The fourth-order valence-electron chi connectivity index (χ4n) is 4.06. The van der Waals surface area contributed by atoms with Gasteiger partial charge in [0.1, 0.15) is 17.3 Å². The molecule has 2 aromatic heterocycles. The van der Waals surface area contributed by atoms with Crippen molar-refractivity contribution in [1.29, 1.82) is 0 Å². The number of rotatable bonds is 3. The summed E-state index contributed by atoms with van der Waals surface area (Å²) in [7, 11) is 0. The Hall–Kier alpha value is -2.16. The lowest BCUT2D eigenvalue weighted by Gasteiger charge is -2.34. The van der Waals surface area contributed by atoms with Crippen molar-refractivity contribution in [2.75, 3.05) is 24.5 Å². The zero-order valence-corrected chi connectivity index (χ0v) is 17.0. The maximum Gasteiger partial charge on any atom is 0.433 e. The van der Waals surface area contributed by atoms with Gasteiger partial charge in [-0.3, -0.25) is 4.79 Å². The summed E-state index contributed by atoms with van der Waals surface area (Å²) in [5.41, 5.74) is 0.346. The Bertz CT molecular complexity index is 890.